The predicted octanol–water partition coefficient (Wildman–Crippen LogP) is 5.15. The lowest BCUT2D eigenvalue weighted by atomic mass is 9.69. The molecule has 0 amide bonds. The van der Waals surface area contributed by atoms with Gasteiger partial charge in [-0.3, -0.25) is 4.90 Å². The number of fused-ring (bicyclic) bond motifs is 4. The number of halogens is 1. The molecule has 45 heavy (non-hydrogen) atoms. The van der Waals surface area contributed by atoms with E-state index in [2.05, 4.69) is 42.7 Å². The van der Waals surface area contributed by atoms with E-state index in [4.69, 9.17) is 29.9 Å². The molecule has 2 N–H and O–H groups in total. The van der Waals surface area contributed by atoms with Gasteiger partial charge in [0, 0.05) is 54.7 Å². The third kappa shape index (κ3) is 4.72. The van der Waals surface area contributed by atoms with Crippen LogP contribution in [0.2, 0.25) is 0 Å². The van der Waals surface area contributed by atoms with Crippen molar-refractivity contribution < 1.29 is 18.6 Å². The van der Waals surface area contributed by atoms with Gasteiger partial charge in [-0.2, -0.15) is 15.2 Å². The molecule has 1 aliphatic carbocycles. The van der Waals surface area contributed by atoms with Gasteiger partial charge in [0.05, 0.1) is 35.6 Å². The molecule has 4 fully saturated rings. The first-order chi connectivity index (χ1) is 21.5. The normalized spacial score (nSPS) is 32.9. The van der Waals surface area contributed by atoms with E-state index in [1.54, 1.807) is 0 Å². The summed E-state index contributed by atoms with van der Waals surface area (Å²) in [6.45, 7) is 11.2. The van der Waals surface area contributed by atoms with E-state index in [0.717, 1.165) is 93.0 Å². The van der Waals surface area contributed by atoms with Crippen molar-refractivity contribution in [2.45, 2.75) is 108 Å². The van der Waals surface area contributed by atoms with Crippen LogP contribution in [-0.2, 0) is 28.1 Å². The summed E-state index contributed by atoms with van der Waals surface area (Å²) in [6.07, 6.45) is 6.09. The van der Waals surface area contributed by atoms with Crippen molar-refractivity contribution in [2.75, 3.05) is 50.0 Å². The summed E-state index contributed by atoms with van der Waals surface area (Å²) in [7, 11) is 0. The summed E-state index contributed by atoms with van der Waals surface area (Å²) in [4.78, 5) is 14.7. The van der Waals surface area contributed by atoms with Crippen LogP contribution in [-0.4, -0.2) is 71.6 Å². The maximum atomic E-state index is 14.5. The van der Waals surface area contributed by atoms with Gasteiger partial charge in [0.1, 0.15) is 30.3 Å². The molecule has 4 atom stereocenters. The van der Waals surface area contributed by atoms with Crippen LogP contribution in [0.5, 0.6) is 6.01 Å². The fourth-order valence-electron chi connectivity index (χ4n) is 9.22. The van der Waals surface area contributed by atoms with Gasteiger partial charge in [-0.15, -0.1) is 0 Å². The Balaban J connectivity index is 1.14. The Morgan fingerprint density at radius 2 is 2.00 bits per heavy atom. The number of nitrogens with two attached hydrogens (primary N) is 1. The van der Waals surface area contributed by atoms with Gasteiger partial charge in [-0.05, 0) is 76.5 Å². The Hall–Kier alpha value is -3.00. The molecule has 6 heterocycles. The third-order valence-electron chi connectivity index (χ3n) is 12.0. The molecule has 1 aromatic heterocycles. The quantitative estimate of drug-likeness (QED) is 0.467. The van der Waals surface area contributed by atoms with E-state index in [9.17, 15) is 9.65 Å². The predicted molar refractivity (Wildman–Crippen MR) is 168 cm³/mol. The highest BCUT2D eigenvalue weighted by molar-refractivity contribution is 5.64. The Bertz CT molecular complexity index is 1560. The average molecular weight is 617 g/mol. The molecule has 240 valence electrons. The second-order valence-corrected chi connectivity index (χ2v) is 15.5. The van der Waals surface area contributed by atoms with Crippen LogP contribution in [0, 0.1) is 16.7 Å². The van der Waals surface area contributed by atoms with E-state index in [1.165, 1.54) is 0 Å². The van der Waals surface area contributed by atoms with E-state index in [0.29, 0.717) is 55.8 Å². The first-order valence-electron chi connectivity index (χ1n) is 16.8. The van der Waals surface area contributed by atoms with Crippen LogP contribution >= 0.6 is 0 Å². The molecule has 10 heteroatoms. The minimum atomic E-state index is -0.818. The van der Waals surface area contributed by atoms with Crippen molar-refractivity contribution in [3.05, 3.63) is 40.1 Å². The maximum absolute atomic E-state index is 14.5. The van der Waals surface area contributed by atoms with Gasteiger partial charge in [0.2, 0.25) is 0 Å². The highest BCUT2D eigenvalue weighted by Gasteiger charge is 2.52. The minimum Gasteiger partial charge on any atom is -0.461 e. The molecule has 1 aromatic carbocycles. The molecule has 2 spiro atoms. The number of anilines is 2. The number of aromatic nitrogens is 2. The summed E-state index contributed by atoms with van der Waals surface area (Å²) in [6, 6.07) is 6.66. The number of rotatable bonds is 4. The molecule has 9 nitrogen and oxygen atoms in total. The zero-order chi connectivity index (χ0) is 31.2. The number of hydrogen-bond donors (Lipinski definition) is 1. The summed E-state index contributed by atoms with van der Waals surface area (Å²) in [5, 5.41) is 10.2. The number of nitriles is 1. The molecule has 0 saturated carbocycles. The molecule has 0 radical (unpaired) electrons. The second kappa shape index (κ2) is 10.2. The zero-order valence-corrected chi connectivity index (χ0v) is 26.8. The number of ether oxygens (including phenoxy) is 3. The summed E-state index contributed by atoms with van der Waals surface area (Å²) >= 11 is 0. The van der Waals surface area contributed by atoms with E-state index >= 15 is 0 Å². The highest BCUT2D eigenvalue weighted by Crippen LogP contribution is 2.52. The van der Waals surface area contributed by atoms with Crippen molar-refractivity contribution in [3.63, 3.8) is 0 Å². The van der Waals surface area contributed by atoms with Crippen LogP contribution in [0.3, 0.4) is 0 Å². The summed E-state index contributed by atoms with van der Waals surface area (Å²) < 4.78 is 34.1. The molecular formula is C35H45FN6O3. The van der Waals surface area contributed by atoms with Gasteiger partial charge in [0.15, 0.2) is 0 Å². The lowest BCUT2D eigenvalue weighted by molar-refractivity contribution is -0.122. The van der Waals surface area contributed by atoms with E-state index in [-0.39, 0.29) is 16.6 Å². The minimum absolute atomic E-state index is 0.0746. The van der Waals surface area contributed by atoms with E-state index in [1.807, 2.05) is 6.07 Å². The number of nitrogen functional groups attached to an aromatic ring is 1. The Morgan fingerprint density at radius 1 is 1.16 bits per heavy atom. The van der Waals surface area contributed by atoms with Crippen LogP contribution in [0.25, 0.3) is 0 Å². The van der Waals surface area contributed by atoms with Gasteiger partial charge < -0.3 is 24.8 Å². The Labute approximate surface area is 265 Å². The fourth-order valence-corrected chi connectivity index (χ4v) is 9.22. The molecule has 2 aromatic rings. The van der Waals surface area contributed by atoms with Crippen molar-refractivity contribution in [1.82, 2.24) is 14.9 Å². The molecular weight excluding hydrogens is 571 g/mol. The van der Waals surface area contributed by atoms with E-state index < -0.39 is 11.8 Å². The van der Waals surface area contributed by atoms with Gasteiger partial charge >= 0.3 is 6.01 Å². The monoisotopic (exact) mass is 616 g/mol. The average Bonchev–Trinajstić information content (AvgIpc) is 3.52. The summed E-state index contributed by atoms with van der Waals surface area (Å²) in [5.74, 6) is 1.18. The molecule has 5 aliphatic heterocycles. The van der Waals surface area contributed by atoms with Crippen LogP contribution in [0.15, 0.2) is 12.1 Å². The van der Waals surface area contributed by atoms with Crippen LogP contribution in [0.1, 0.15) is 99.6 Å². The molecule has 8 rings (SSSR count). The first-order valence-corrected chi connectivity index (χ1v) is 16.8. The molecule has 0 bridgehead atoms. The summed E-state index contributed by atoms with van der Waals surface area (Å²) in [5.41, 5.74) is 10.4. The fraction of sp³-hybridized carbons (Fsp3) is 0.686. The standard InChI is InChI=1S/C35H45FN6O3/c1-22-7-9-35(29-24(22)5-6-27(38)25(29)15-37)14-28-26(17-44-35)30(41-18-33(19-41)11-10-32(2,3)45-20-33)40-31(39-28)43-21-34-8-4-12-42(34)16-23(36)13-34/h5-6,22-23H,4,7-14,16-21,38H2,1-3H3/t22-,23+,34?,35-/m0/s1. The maximum Gasteiger partial charge on any atom is 0.318 e. The largest absolute Gasteiger partial charge is 0.461 e. The molecule has 6 aliphatic rings. The van der Waals surface area contributed by atoms with Crippen molar-refractivity contribution in [2.24, 2.45) is 5.41 Å². The van der Waals surface area contributed by atoms with Crippen molar-refractivity contribution >= 4 is 11.5 Å². The van der Waals surface area contributed by atoms with Crippen molar-refractivity contribution in [1.29, 1.82) is 5.26 Å². The van der Waals surface area contributed by atoms with Crippen LogP contribution < -0.4 is 15.4 Å². The SMILES string of the molecule is C[C@H]1CC[C@]2(Cc3nc(OCC45CCCN4C[C@H](F)C5)nc(N4CC5(CCC(C)(C)OC5)C4)c3CO2)c2c1ccc(N)c2C#N. The Kier molecular flexibility index (Phi) is 6.70. The first kappa shape index (κ1) is 29.4. The lowest BCUT2D eigenvalue weighted by Crippen LogP contribution is -2.62. The lowest BCUT2D eigenvalue weighted by Gasteiger charge is -2.55. The van der Waals surface area contributed by atoms with Gasteiger partial charge in [0.25, 0.3) is 0 Å². The van der Waals surface area contributed by atoms with Crippen molar-refractivity contribution in [3.8, 4) is 12.1 Å². The number of nitrogens with zero attached hydrogens (tertiary/aromatic N) is 5. The highest BCUT2D eigenvalue weighted by atomic mass is 19.1. The number of hydrogen-bond acceptors (Lipinski definition) is 9. The smallest absolute Gasteiger partial charge is 0.318 e. The van der Waals surface area contributed by atoms with Crippen LogP contribution in [0.4, 0.5) is 15.9 Å². The molecule has 1 unspecified atom stereocenters. The van der Waals surface area contributed by atoms with Gasteiger partial charge in [-0.25, -0.2) is 4.39 Å². The third-order valence-corrected chi connectivity index (χ3v) is 12.0. The second-order valence-electron chi connectivity index (χ2n) is 15.5. The van der Waals surface area contributed by atoms with Gasteiger partial charge in [-0.1, -0.05) is 13.0 Å². The molecule has 4 saturated heterocycles. The zero-order valence-electron chi connectivity index (χ0n) is 26.8. The number of benzene rings is 1. The Morgan fingerprint density at radius 3 is 2.78 bits per heavy atom. The topological polar surface area (TPSA) is 110 Å². The number of alkyl halides is 1.